The van der Waals surface area contributed by atoms with E-state index in [1.807, 2.05) is 16.3 Å². The molecule has 1 atom stereocenters. The maximum atomic E-state index is 12.2. The third-order valence-electron chi connectivity index (χ3n) is 3.46. The van der Waals surface area contributed by atoms with Crippen LogP contribution in [0.2, 0.25) is 0 Å². The Balaban J connectivity index is 2.21. The first kappa shape index (κ1) is 16.8. The van der Waals surface area contributed by atoms with Crippen LogP contribution in [-0.2, 0) is 16.4 Å². The van der Waals surface area contributed by atoms with Gasteiger partial charge in [0.05, 0.1) is 4.88 Å². The second kappa shape index (κ2) is 7.10. The molecule has 9 heteroatoms. The highest BCUT2D eigenvalue weighted by Crippen LogP contribution is 2.26. The summed E-state index contributed by atoms with van der Waals surface area (Å²) in [5.74, 6) is 6.46. The first-order chi connectivity index (χ1) is 9.99. The molecule has 1 saturated heterocycles. The van der Waals surface area contributed by atoms with Crippen LogP contribution in [0.4, 0.5) is 0 Å². The first-order valence-electron chi connectivity index (χ1n) is 6.60. The fourth-order valence-corrected chi connectivity index (χ4v) is 6.16. The van der Waals surface area contributed by atoms with Gasteiger partial charge in [-0.2, -0.15) is 11.8 Å². The Morgan fingerprint density at radius 3 is 3.00 bits per heavy atom. The van der Waals surface area contributed by atoms with E-state index < -0.39 is 15.2 Å². The molecule has 1 aliphatic rings. The molecular weight excluding hydrogens is 330 g/mol. The number of carbonyl (C=O) groups is 1. The monoisotopic (exact) mass is 349 g/mol. The molecule has 1 amide bonds. The second-order valence-electron chi connectivity index (χ2n) is 4.70. The van der Waals surface area contributed by atoms with Crippen LogP contribution in [0.1, 0.15) is 22.2 Å². The zero-order chi connectivity index (χ0) is 15.5. The normalized spacial score (nSPS) is 20.4. The van der Waals surface area contributed by atoms with Crippen molar-refractivity contribution in [3.05, 3.63) is 21.9 Å². The molecule has 1 unspecified atom stereocenters. The van der Waals surface area contributed by atoms with E-state index in [9.17, 15) is 13.2 Å². The molecule has 1 aromatic heterocycles. The Kier molecular flexibility index (Phi) is 5.67. The average molecular weight is 350 g/mol. The highest BCUT2D eigenvalue weighted by atomic mass is 32.2. The lowest BCUT2D eigenvalue weighted by Crippen LogP contribution is -2.47. The molecule has 0 radical (unpaired) electrons. The molecule has 1 fully saturated rings. The molecule has 6 nitrogen and oxygen atoms in total. The molecule has 0 saturated carbocycles. The van der Waals surface area contributed by atoms with Crippen molar-refractivity contribution < 1.29 is 13.2 Å². The number of thiophene rings is 1. The minimum absolute atomic E-state index is 0.133. The van der Waals surface area contributed by atoms with Gasteiger partial charge in [0.2, 0.25) is 0 Å². The molecule has 0 bridgehead atoms. The molecule has 21 heavy (non-hydrogen) atoms. The van der Waals surface area contributed by atoms with E-state index in [0.29, 0.717) is 23.7 Å². The minimum atomic E-state index is -3.13. The van der Waals surface area contributed by atoms with Crippen LogP contribution < -0.4 is 11.3 Å². The molecule has 2 rings (SSSR count). The number of nitrogens with one attached hydrogen (secondary N) is 1. The van der Waals surface area contributed by atoms with Gasteiger partial charge in [-0.05, 0) is 17.0 Å². The predicted molar refractivity (Wildman–Crippen MR) is 87.0 cm³/mol. The third-order valence-corrected chi connectivity index (χ3v) is 7.75. The van der Waals surface area contributed by atoms with E-state index in [1.54, 1.807) is 18.7 Å². The van der Waals surface area contributed by atoms with Crippen molar-refractivity contribution in [3.8, 4) is 0 Å². The van der Waals surface area contributed by atoms with Gasteiger partial charge in [0.15, 0.2) is 9.84 Å². The van der Waals surface area contributed by atoms with Crippen molar-refractivity contribution in [1.29, 1.82) is 0 Å². The lowest BCUT2D eigenvalue weighted by atomic mass is 10.2. The number of thioether (sulfide) groups is 1. The molecule has 3 N–H and O–H groups in total. The quantitative estimate of drug-likeness (QED) is 0.461. The number of amides is 1. The second-order valence-corrected chi connectivity index (χ2v) is 9.21. The molecule has 118 valence electrons. The summed E-state index contributed by atoms with van der Waals surface area (Å²) in [6, 6.07) is 1.85. The highest BCUT2D eigenvalue weighted by molar-refractivity contribution is 8.01. The number of nitrogen functional groups attached to an aromatic ring is 1. The minimum Gasteiger partial charge on any atom is -0.289 e. The van der Waals surface area contributed by atoms with Crippen LogP contribution in [0.15, 0.2) is 11.4 Å². The van der Waals surface area contributed by atoms with Crippen LogP contribution >= 0.6 is 23.1 Å². The largest absolute Gasteiger partial charge is 0.289 e. The van der Waals surface area contributed by atoms with Gasteiger partial charge in [0.25, 0.3) is 5.91 Å². The van der Waals surface area contributed by atoms with Crippen LogP contribution in [0.25, 0.3) is 0 Å². The summed E-state index contributed by atoms with van der Waals surface area (Å²) in [5, 5.41) is 1.34. The summed E-state index contributed by atoms with van der Waals surface area (Å²) in [6.45, 7) is 2.83. The van der Waals surface area contributed by atoms with Gasteiger partial charge in [-0.1, -0.05) is 6.92 Å². The number of sulfone groups is 1. The first-order valence-corrected chi connectivity index (χ1v) is 10.3. The molecule has 1 aliphatic heterocycles. The van der Waals surface area contributed by atoms with Gasteiger partial charge in [0.1, 0.15) is 5.37 Å². The Bertz CT molecular complexity index is 600. The molecular formula is C12H19N3O3S3. The van der Waals surface area contributed by atoms with E-state index in [0.717, 1.165) is 11.3 Å². The van der Waals surface area contributed by atoms with Gasteiger partial charge in [-0.25, -0.2) is 14.3 Å². The van der Waals surface area contributed by atoms with Gasteiger partial charge in [0, 0.05) is 30.3 Å². The van der Waals surface area contributed by atoms with Crippen LogP contribution in [0, 0.1) is 0 Å². The predicted octanol–water partition coefficient (Wildman–Crippen LogP) is 0.661. The van der Waals surface area contributed by atoms with Crippen molar-refractivity contribution in [2.45, 2.75) is 18.8 Å². The standard InChI is InChI=1S/C12H19N3O3S3/c1-2-21(17,18)10-8-19-6-4-15(10)7-9-3-5-20-11(9)12(16)14-13/h3,5,10H,2,4,6-8,13H2,1H3,(H,14,16). The fraction of sp³-hybridized carbons (Fsp3) is 0.583. The van der Waals surface area contributed by atoms with E-state index in [1.165, 1.54) is 11.3 Å². The van der Waals surface area contributed by atoms with Gasteiger partial charge >= 0.3 is 0 Å². The summed E-state index contributed by atoms with van der Waals surface area (Å²) in [7, 11) is -3.13. The summed E-state index contributed by atoms with van der Waals surface area (Å²) < 4.78 is 24.4. The summed E-state index contributed by atoms with van der Waals surface area (Å²) >= 11 is 2.97. The van der Waals surface area contributed by atoms with E-state index in [4.69, 9.17) is 5.84 Å². The zero-order valence-electron chi connectivity index (χ0n) is 11.7. The lowest BCUT2D eigenvalue weighted by Gasteiger charge is -2.34. The third kappa shape index (κ3) is 3.78. The number of nitrogens with zero attached hydrogens (tertiary/aromatic N) is 1. The number of hydrogen-bond donors (Lipinski definition) is 2. The summed E-state index contributed by atoms with van der Waals surface area (Å²) in [6.07, 6.45) is 0. The highest BCUT2D eigenvalue weighted by Gasteiger charge is 2.33. The molecule has 1 aromatic rings. The van der Waals surface area contributed by atoms with Crippen LogP contribution in [0.5, 0.6) is 0 Å². The van der Waals surface area contributed by atoms with Crippen molar-refractivity contribution in [2.24, 2.45) is 5.84 Å². The van der Waals surface area contributed by atoms with Gasteiger partial charge in [-0.3, -0.25) is 15.1 Å². The zero-order valence-corrected chi connectivity index (χ0v) is 14.2. The van der Waals surface area contributed by atoms with E-state index in [-0.39, 0.29) is 11.7 Å². The van der Waals surface area contributed by atoms with Crippen molar-refractivity contribution in [3.63, 3.8) is 0 Å². The molecule has 0 aliphatic carbocycles. The number of nitrogens with two attached hydrogens (primary N) is 1. The number of hydrazine groups is 1. The molecule has 0 aromatic carbocycles. The summed E-state index contributed by atoms with van der Waals surface area (Å²) in [4.78, 5) is 14.2. The number of rotatable bonds is 5. The Morgan fingerprint density at radius 1 is 1.57 bits per heavy atom. The van der Waals surface area contributed by atoms with Crippen molar-refractivity contribution in [1.82, 2.24) is 10.3 Å². The van der Waals surface area contributed by atoms with Crippen LogP contribution in [-0.4, -0.2) is 48.4 Å². The van der Waals surface area contributed by atoms with Gasteiger partial charge < -0.3 is 0 Å². The average Bonchev–Trinajstić information content (AvgIpc) is 2.95. The van der Waals surface area contributed by atoms with E-state index >= 15 is 0 Å². The smallest absolute Gasteiger partial charge is 0.275 e. The Hall–Kier alpha value is -0.610. The van der Waals surface area contributed by atoms with E-state index in [2.05, 4.69) is 5.43 Å². The number of hydrogen-bond acceptors (Lipinski definition) is 7. The Morgan fingerprint density at radius 2 is 2.33 bits per heavy atom. The Labute approximate surface area is 133 Å². The lowest BCUT2D eigenvalue weighted by molar-refractivity contribution is 0.0955. The maximum Gasteiger partial charge on any atom is 0.275 e. The maximum absolute atomic E-state index is 12.2. The SMILES string of the molecule is CCS(=O)(=O)C1CSCCN1Cc1ccsc1C(=O)NN. The fourth-order valence-electron chi connectivity index (χ4n) is 2.26. The van der Waals surface area contributed by atoms with Crippen molar-refractivity contribution in [2.75, 3.05) is 23.8 Å². The van der Waals surface area contributed by atoms with Crippen molar-refractivity contribution >= 4 is 38.8 Å². The van der Waals surface area contributed by atoms with Crippen LogP contribution in [0.3, 0.4) is 0 Å². The summed E-state index contributed by atoms with van der Waals surface area (Å²) in [5.41, 5.74) is 2.95. The van der Waals surface area contributed by atoms with Gasteiger partial charge in [-0.15, -0.1) is 11.3 Å². The number of carbonyl (C=O) groups excluding carboxylic acids is 1. The molecule has 2 heterocycles. The molecule has 0 spiro atoms. The topological polar surface area (TPSA) is 92.5 Å².